The number of hydrogen-bond donors (Lipinski definition) is 2. The number of nitrogens with one attached hydrogen (secondary N) is 2. The number of rotatable bonds is 5. The van der Waals surface area contributed by atoms with Gasteiger partial charge in [-0.2, -0.15) is 0 Å². The van der Waals surface area contributed by atoms with Crippen molar-refractivity contribution < 1.29 is 9.53 Å². The Bertz CT molecular complexity index is 545. The molecule has 0 spiro atoms. The van der Waals surface area contributed by atoms with E-state index in [2.05, 4.69) is 27.7 Å². The molecule has 0 saturated carbocycles. The van der Waals surface area contributed by atoms with Crippen molar-refractivity contribution in [2.45, 2.75) is 50.7 Å². The second kappa shape index (κ2) is 8.79. The van der Waals surface area contributed by atoms with Gasteiger partial charge in [-0.1, -0.05) is 25.0 Å². The number of anilines is 1. The summed E-state index contributed by atoms with van der Waals surface area (Å²) >= 11 is 0. The zero-order chi connectivity index (χ0) is 17.5. The van der Waals surface area contributed by atoms with Gasteiger partial charge in [0.25, 0.3) is 5.91 Å². The highest BCUT2D eigenvalue weighted by molar-refractivity contribution is 5.97. The van der Waals surface area contributed by atoms with Gasteiger partial charge in [-0.15, -0.1) is 0 Å². The van der Waals surface area contributed by atoms with E-state index in [9.17, 15) is 4.79 Å². The van der Waals surface area contributed by atoms with Gasteiger partial charge >= 0.3 is 0 Å². The summed E-state index contributed by atoms with van der Waals surface area (Å²) in [5.74, 6) is -0.0308. The minimum Gasteiger partial charge on any atom is -0.368 e. The number of piperidine rings is 1. The summed E-state index contributed by atoms with van der Waals surface area (Å²) in [7, 11) is 1.63. The van der Waals surface area contributed by atoms with Crippen molar-refractivity contribution in [3.63, 3.8) is 0 Å². The van der Waals surface area contributed by atoms with Gasteiger partial charge in [0.15, 0.2) is 0 Å². The lowest BCUT2D eigenvalue weighted by molar-refractivity contribution is -0.140. The van der Waals surface area contributed by atoms with E-state index in [4.69, 9.17) is 4.74 Å². The summed E-state index contributed by atoms with van der Waals surface area (Å²) in [4.78, 5) is 15.2. The maximum atomic E-state index is 12.7. The molecule has 25 heavy (non-hydrogen) atoms. The molecule has 1 aromatic carbocycles. The van der Waals surface area contributed by atoms with Gasteiger partial charge < -0.3 is 15.4 Å². The van der Waals surface area contributed by atoms with Crippen LogP contribution in [0.25, 0.3) is 0 Å². The Morgan fingerprint density at radius 2 is 1.76 bits per heavy atom. The van der Waals surface area contributed by atoms with E-state index in [1.165, 1.54) is 44.3 Å². The molecule has 1 amide bonds. The predicted molar refractivity (Wildman–Crippen MR) is 101 cm³/mol. The van der Waals surface area contributed by atoms with Crippen LogP contribution in [0.1, 0.15) is 44.1 Å². The lowest BCUT2D eigenvalue weighted by Crippen LogP contribution is -2.51. The van der Waals surface area contributed by atoms with Crippen LogP contribution in [0.3, 0.4) is 0 Å². The number of carbonyl (C=O) groups excluding carboxylic acids is 1. The van der Waals surface area contributed by atoms with Crippen LogP contribution in [-0.2, 0) is 16.1 Å². The van der Waals surface area contributed by atoms with Gasteiger partial charge in [0.1, 0.15) is 5.60 Å². The molecule has 2 N–H and O–H groups in total. The fourth-order valence-electron chi connectivity index (χ4n) is 3.85. The first-order valence-electron chi connectivity index (χ1n) is 9.60. The summed E-state index contributed by atoms with van der Waals surface area (Å²) in [6.45, 7) is 5.03. The van der Waals surface area contributed by atoms with E-state index in [1.54, 1.807) is 7.11 Å². The number of ether oxygens (including phenoxy) is 1. The smallest absolute Gasteiger partial charge is 0.256 e. The van der Waals surface area contributed by atoms with Gasteiger partial charge in [-0.25, -0.2) is 0 Å². The first-order chi connectivity index (χ1) is 12.2. The third kappa shape index (κ3) is 4.81. The monoisotopic (exact) mass is 345 g/mol. The summed E-state index contributed by atoms with van der Waals surface area (Å²) < 4.78 is 5.59. The highest BCUT2D eigenvalue weighted by atomic mass is 16.5. The maximum absolute atomic E-state index is 12.7. The molecule has 5 heteroatoms. The Kier molecular flexibility index (Phi) is 6.45. The van der Waals surface area contributed by atoms with Crippen molar-refractivity contribution in [1.82, 2.24) is 10.2 Å². The van der Waals surface area contributed by atoms with Crippen LogP contribution in [-0.4, -0.2) is 49.7 Å². The molecule has 0 aromatic heterocycles. The molecular weight excluding hydrogens is 314 g/mol. The minimum absolute atomic E-state index is 0.0308. The van der Waals surface area contributed by atoms with Gasteiger partial charge in [0, 0.05) is 19.3 Å². The topological polar surface area (TPSA) is 53.6 Å². The van der Waals surface area contributed by atoms with Gasteiger partial charge in [-0.3, -0.25) is 9.69 Å². The van der Waals surface area contributed by atoms with Gasteiger partial charge in [0.2, 0.25) is 0 Å². The predicted octanol–water partition coefficient (Wildman–Crippen LogP) is 2.77. The van der Waals surface area contributed by atoms with E-state index in [1.807, 2.05) is 12.1 Å². The van der Waals surface area contributed by atoms with Crippen molar-refractivity contribution >= 4 is 11.6 Å². The summed E-state index contributed by atoms with van der Waals surface area (Å²) in [6, 6.07) is 8.27. The third-order valence-corrected chi connectivity index (χ3v) is 5.53. The number of nitrogens with zero attached hydrogens (tertiary/aromatic N) is 1. The second-order valence-corrected chi connectivity index (χ2v) is 7.29. The summed E-state index contributed by atoms with van der Waals surface area (Å²) in [6.07, 6.45) is 6.76. The van der Waals surface area contributed by atoms with E-state index in [0.717, 1.165) is 25.3 Å². The molecule has 0 aliphatic carbocycles. The molecule has 1 aromatic rings. The van der Waals surface area contributed by atoms with E-state index in [-0.39, 0.29) is 5.91 Å². The van der Waals surface area contributed by atoms with Gasteiger partial charge in [-0.05, 0) is 69.6 Å². The molecule has 2 fully saturated rings. The van der Waals surface area contributed by atoms with Crippen LogP contribution in [0.15, 0.2) is 24.3 Å². The number of benzene rings is 1. The molecule has 2 saturated heterocycles. The fraction of sp³-hybridized carbons (Fsp3) is 0.650. The average Bonchev–Trinajstić information content (AvgIpc) is 2.92. The second-order valence-electron chi connectivity index (χ2n) is 7.29. The largest absolute Gasteiger partial charge is 0.368 e. The van der Waals surface area contributed by atoms with Crippen LogP contribution >= 0.6 is 0 Å². The lowest BCUT2D eigenvalue weighted by atomic mass is 9.91. The molecule has 0 unspecified atom stereocenters. The zero-order valence-electron chi connectivity index (χ0n) is 15.4. The van der Waals surface area contributed by atoms with Crippen molar-refractivity contribution in [3.05, 3.63) is 29.8 Å². The quantitative estimate of drug-likeness (QED) is 0.862. The van der Waals surface area contributed by atoms with Crippen molar-refractivity contribution in [1.29, 1.82) is 0 Å². The molecule has 2 aliphatic rings. The Morgan fingerprint density at radius 3 is 2.36 bits per heavy atom. The standard InChI is InChI=1S/C20H31N3O2/c1-25-20(10-12-21-13-11-20)19(24)22-18-8-6-17(7-9-18)16-23-14-4-2-3-5-15-23/h6-9,21H,2-5,10-16H2,1H3,(H,22,24). The average molecular weight is 345 g/mol. The Labute approximate surface area is 151 Å². The maximum Gasteiger partial charge on any atom is 0.256 e. The van der Waals surface area contributed by atoms with Gasteiger partial charge in [0.05, 0.1) is 0 Å². The molecule has 0 bridgehead atoms. The Balaban J connectivity index is 1.57. The number of methoxy groups -OCH3 is 1. The highest BCUT2D eigenvalue weighted by Gasteiger charge is 2.39. The molecule has 0 radical (unpaired) electrons. The summed E-state index contributed by atoms with van der Waals surface area (Å²) in [5, 5.41) is 6.32. The number of carbonyl (C=O) groups is 1. The van der Waals surface area contributed by atoms with Crippen LogP contribution in [0.2, 0.25) is 0 Å². The third-order valence-electron chi connectivity index (χ3n) is 5.53. The van der Waals surface area contributed by atoms with Crippen molar-refractivity contribution in [2.24, 2.45) is 0 Å². The van der Waals surface area contributed by atoms with E-state index >= 15 is 0 Å². The van der Waals surface area contributed by atoms with Crippen LogP contribution in [0.4, 0.5) is 5.69 Å². The summed E-state index contributed by atoms with van der Waals surface area (Å²) in [5.41, 5.74) is 1.46. The molecule has 5 nitrogen and oxygen atoms in total. The van der Waals surface area contributed by atoms with Crippen LogP contribution < -0.4 is 10.6 Å². The minimum atomic E-state index is -0.698. The normalized spacial score (nSPS) is 21.5. The SMILES string of the molecule is COC1(C(=O)Nc2ccc(CN3CCCCCC3)cc2)CCNCC1. The number of likely N-dealkylation sites (tertiary alicyclic amines) is 1. The molecule has 2 heterocycles. The molecule has 0 atom stereocenters. The number of amides is 1. The Hall–Kier alpha value is -1.43. The van der Waals surface area contributed by atoms with E-state index in [0.29, 0.717) is 12.8 Å². The Morgan fingerprint density at radius 1 is 1.12 bits per heavy atom. The molecule has 2 aliphatic heterocycles. The van der Waals surface area contributed by atoms with E-state index < -0.39 is 5.60 Å². The molecule has 3 rings (SSSR count). The van der Waals surface area contributed by atoms with Crippen LogP contribution in [0, 0.1) is 0 Å². The van der Waals surface area contributed by atoms with Crippen LogP contribution in [0.5, 0.6) is 0 Å². The highest BCUT2D eigenvalue weighted by Crippen LogP contribution is 2.25. The lowest BCUT2D eigenvalue weighted by Gasteiger charge is -2.34. The molecular formula is C20H31N3O2. The number of hydrogen-bond acceptors (Lipinski definition) is 4. The van der Waals surface area contributed by atoms with Crippen molar-refractivity contribution in [2.75, 3.05) is 38.6 Å². The first-order valence-corrected chi connectivity index (χ1v) is 9.60. The fourth-order valence-corrected chi connectivity index (χ4v) is 3.85. The zero-order valence-corrected chi connectivity index (χ0v) is 15.4. The first kappa shape index (κ1) is 18.4. The van der Waals surface area contributed by atoms with Crippen molar-refractivity contribution in [3.8, 4) is 0 Å². The molecule has 138 valence electrons.